The summed E-state index contributed by atoms with van der Waals surface area (Å²) in [4.78, 5) is 0. The zero-order valence-electron chi connectivity index (χ0n) is 21.8. The molecule has 0 aliphatic heterocycles. The molecule has 0 saturated carbocycles. The van der Waals surface area contributed by atoms with Crippen LogP contribution in [0, 0.1) is 0 Å². The van der Waals surface area contributed by atoms with E-state index in [1.807, 2.05) is 0 Å². The average Bonchev–Trinajstić information content (AvgIpc) is 2.97. The Bertz CT molecular complexity index is 894. The molecule has 3 nitrogen and oxygen atoms in total. The number of hydrogen-bond donors (Lipinski definition) is 0. The second-order valence-electron chi connectivity index (χ2n) is 8.77. The molecule has 0 aromatic rings. The van der Waals surface area contributed by atoms with Crippen LogP contribution in [-0.2, 0) is 13.6 Å². The van der Waals surface area contributed by atoms with Crippen molar-refractivity contribution >= 4 is 8.60 Å². The quantitative estimate of drug-likeness (QED) is 0.0854. The van der Waals surface area contributed by atoms with Gasteiger partial charge in [-0.25, -0.2) is 65.9 Å². The van der Waals surface area contributed by atoms with E-state index in [1.165, 1.54) is 0 Å². The van der Waals surface area contributed by atoms with Crippen molar-refractivity contribution in [1.82, 2.24) is 0 Å². The molecule has 49 heavy (non-hydrogen) atoms. The normalized spacial score (nSPS) is 20.9. The lowest BCUT2D eigenvalue weighted by molar-refractivity contribution is -0.321. The molecule has 0 aliphatic carbocycles. The van der Waals surface area contributed by atoms with Crippen LogP contribution in [0.25, 0.3) is 0 Å². The highest BCUT2D eigenvalue weighted by atomic mass is 31.2. The number of hydrogen-bond acceptors (Lipinski definition) is 3. The van der Waals surface area contributed by atoms with Crippen LogP contribution in [0.1, 0.15) is 0 Å². The fourth-order valence-electron chi connectivity index (χ4n) is 2.49. The standard InChI is InChI=1S/C18H12F27O3P/c19-1(7(25)26)4(22)13(34,35)16(40,41)10(31)46-49(47-11(32)17(42,43)14(36,37)5(23)2(20)8(27)28)48-12(33)18(44,45)15(38,39)6(24)3(21)9(29)30/h1-12H. The Morgan fingerprint density at radius 3 is 0.592 bits per heavy atom. The van der Waals surface area contributed by atoms with Crippen LogP contribution in [0.5, 0.6) is 0 Å². The molecule has 0 aromatic heterocycles. The first-order chi connectivity index (χ1) is 21.6. The molecule has 296 valence electrons. The minimum atomic E-state index is -7.37. The Morgan fingerprint density at radius 2 is 0.449 bits per heavy atom. The maximum atomic E-state index is 14.0. The summed E-state index contributed by atoms with van der Waals surface area (Å²) in [6, 6.07) is 0. The Morgan fingerprint density at radius 1 is 0.286 bits per heavy atom. The van der Waals surface area contributed by atoms with Gasteiger partial charge in [-0.15, -0.1) is 0 Å². The van der Waals surface area contributed by atoms with Crippen molar-refractivity contribution in [3.63, 3.8) is 0 Å². The summed E-state index contributed by atoms with van der Waals surface area (Å²) in [5.41, 5.74) is 0. The van der Waals surface area contributed by atoms with Gasteiger partial charge in [0.1, 0.15) is 0 Å². The fraction of sp³-hybridized carbons (Fsp3) is 1.00. The highest BCUT2D eigenvalue weighted by Crippen LogP contribution is 2.56. The van der Waals surface area contributed by atoms with E-state index >= 15 is 0 Å². The van der Waals surface area contributed by atoms with Gasteiger partial charge < -0.3 is 0 Å². The molecule has 9 atom stereocenters. The van der Waals surface area contributed by atoms with Crippen molar-refractivity contribution in [2.75, 3.05) is 0 Å². The third kappa shape index (κ3) is 9.65. The molecule has 0 spiro atoms. The Hall–Kier alpha value is -1.58. The van der Waals surface area contributed by atoms with Gasteiger partial charge in [0, 0.05) is 0 Å². The largest absolute Gasteiger partial charge is 0.368 e. The monoisotopic (exact) mass is 820 g/mol. The van der Waals surface area contributed by atoms with Crippen LogP contribution in [-0.4, -0.2) is 111 Å². The molecule has 0 amide bonds. The first-order valence-corrected chi connectivity index (χ1v) is 12.4. The van der Waals surface area contributed by atoms with Gasteiger partial charge in [-0.3, -0.25) is 13.6 Å². The van der Waals surface area contributed by atoms with Crippen LogP contribution in [0.15, 0.2) is 0 Å². The minimum absolute atomic E-state index is 2.58. The summed E-state index contributed by atoms with van der Waals surface area (Å²) in [5.74, 6) is -43.9. The highest BCUT2D eigenvalue weighted by molar-refractivity contribution is 7.41. The molecule has 0 fully saturated rings. The second-order valence-corrected chi connectivity index (χ2v) is 9.85. The molecule has 0 rings (SSSR count). The number of rotatable bonds is 21. The van der Waals surface area contributed by atoms with E-state index in [-0.39, 0.29) is 0 Å². The highest BCUT2D eigenvalue weighted by Gasteiger charge is 2.74. The molecule has 0 aromatic carbocycles. The molecule has 9 unspecified atom stereocenters. The van der Waals surface area contributed by atoms with E-state index in [0.717, 1.165) is 0 Å². The smallest absolute Gasteiger partial charge is 0.270 e. The Kier molecular flexibility index (Phi) is 15.9. The Labute approximate surface area is 253 Å². The van der Waals surface area contributed by atoms with Crippen molar-refractivity contribution in [3.8, 4) is 0 Å². The van der Waals surface area contributed by atoms with Crippen LogP contribution < -0.4 is 0 Å². The van der Waals surface area contributed by atoms with E-state index in [0.29, 0.717) is 0 Å². The van der Waals surface area contributed by atoms with E-state index < -0.39 is 120 Å². The second kappa shape index (κ2) is 16.4. The molecular weight excluding hydrogens is 808 g/mol. The summed E-state index contributed by atoms with van der Waals surface area (Å²) < 4.78 is 366. The van der Waals surface area contributed by atoms with Crippen molar-refractivity contribution in [2.45, 2.75) is 111 Å². The topological polar surface area (TPSA) is 27.7 Å². The van der Waals surface area contributed by atoms with E-state index in [2.05, 4.69) is 13.6 Å². The van der Waals surface area contributed by atoms with Gasteiger partial charge in [-0.2, -0.15) is 52.7 Å². The van der Waals surface area contributed by atoms with Gasteiger partial charge in [0.05, 0.1) is 0 Å². The first kappa shape index (κ1) is 47.4. The first-order valence-electron chi connectivity index (χ1n) is 11.3. The summed E-state index contributed by atoms with van der Waals surface area (Å²) in [7, 11) is -6.31. The molecule has 0 N–H and O–H groups in total. The van der Waals surface area contributed by atoms with Gasteiger partial charge >= 0.3 is 44.1 Å². The molecule has 0 saturated heterocycles. The third-order valence-corrected chi connectivity index (χ3v) is 6.40. The lowest BCUT2D eigenvalue weighted by Crippen LogP contribution is -2.58. The van der Waals surface area contributed by atoms with Crippen molar-refractivity contribution in [2.24, 2.45) is 0 Å². The van der Waals surface area contributed by atoms with Crippen molar-refractivity contribution in [3.05, 3.63) is 0 Å². The van der Waals surface area contributed by atoms with Gasteiger partial charge in [-0.1, -0.05) is 0 Å². The molecule has 0 heterocycles. The molecule has 0 bridgehead atoms. The van der Waals surface area contributed by atoms with Gasteiger partial charge in [-0.05, 0) is 0 Å². The minimum Gasteiger partial charge on any atom is -0.270 e. The summed E-state index contributed by atoms with van der Waals surface area (Å²) in [6.07, 6.45) is -64.6. The zero-order valence-corrected chi connectivity index (χ0v) is 22.7. The lowest BCUT2D eigenvalue weighted by atomic mass is 10.0. The van der Waals surface area contributed by atoms with Crippen LogP contribution in [0.3, 0.4) is 0 Å². The summed E-state index contributed by atoms with van der Waals surface area (Å²) >= 11 is 0. The zero-order chi connectivity index (χ0) is 39.6. The van der Waals surface area contributed by atoms with Crippen LogP contribution in [0.4, 0.5) is 119 Å². The molecular formula is C18H12F27O3P. The van der Waals surface area contributed by atoms with Crippen LogP contribution in [0.2, 0.25) is 0 Å². The van der Waals surface area contributed by atoms with Gasteiger partial charge in [0.2, 0.25) is 18.5 Å². The third-order valence-electron chi connectivity index (χ3n) is 5.32. The van der Waals surface area contributed by atoms with Crippen molar-refractivity contribution in [1.29, 1.82) is 0 Å². The summed E-state index contributed by atoms with van der Waals surface area (Å²) in [6.45, 7) is 0. The maximum Gasteiger partial charge on any atom is 0.368 e. The molecule has 31 heteroatoms. The summed E-state index contributed by atoms with van der Waals surface area (Å²) in [5, 5.41) is 0. The molecule has 0 radical (unpaired) electrons. The lowest BCUT2D eigenvalue weighted by Gasteiger charge is -2.36. The maximum absolute atomic E-state index is 14.0. The number of halogens is 27. The van der Waals surface area contributed by atoms with Crippen LogP contribution >= 0.6 is 8.60 Å². The number of alkyl halides is 27. The van der Waals surface area contributed by atoms with Gasteiger partial charge in [0.25, 0.3) is 38.3 Å². The van der Waals surface area contributed by atoms with E-state index in [1.54, 1.807) is 0 Å². The Balaban J connectivity index is 6.87. The van der Waals surface area contributed by atoms with E-state index in [9.17, 15) is 119 Å². The predicted molar refractivity (Wildman–Crippen MR) is 102 cm³/mol. The fourth-order valence-corrected chi connectivity index (χ4v) is 3.49. The van der Waals surface area contributed by atoms with Gasteiger partial charge in [0.15, 0.2) is 18.5 Å². The van der Waals surface area contributed by atoms with E-state index in [4.69, 9.17) is 0 Å². The predicted octanol–water partition coefficient (Wildman–Crippen LogP) is 9.79. The molecule has 0 aliphatic rings. The van der Waals surface area contributed by atoms with Crippen molar-refractivity contribution < 1.29 is 132 Å². The average molecular weight is 820 g/mol. The SMILES string of the molecule is FC(F)C(F)C(F)C(F)(F)C(F)(F)C(F)OP(OC(F)C(F)(F)C(F)(F)C(F)C(F)C(F)F)OC(F)C(F)(F)C(F)(F)C(F)C(F)C(F)F.